The number of nitrogens with one attached hydrogen (secondary N) is 2. The van der Waals surface area contributed by atoms with Gasteiger partial charge in [0.25, 0.3) is 0 Å². The molecule has 2 heterocycles. The van der Waals surface area contributed by atoms with Gasteiger partial charge in [0, 0.05) is 36.1 Å². The zero-order valence-corrected chi connectivity index (χ0v) is 17.3. The molecule has 0 radical (unpaired) electrons. The Bertz CT molecular complexity index is 1080. The van der Waals surface area contributed by atoms with Crippen molar-refractivity contribution in [2.45, 2.75) is 26.4 Å². The number of amides is 2. The Morgan fingerprint density at radius 2 is 1.76 bits per heavy atom. The first-order valence-electron chi connectivity index (χ1n) is 9.97. The van der Waals surface area contributed by atoms with Crippen molar-refractivity contribution in [3.8, 4) is 10.6 Å². The molecule has 0 unspecified atom stereocenters. The lowest BCUT2D eigenvalue weighted by atomic mass is 10.1. The minimum atomic E-state index is -0.121. The molecule has 0 fully saturated rings. The summed E-state index contributed by atoms with van der Waals surface area (Å²) in [6.45, 7) is 4.01. The van der Waals surface area contributed by atoms with Gasteiger partial charge in [-0.05, 0) is 29.5 Å². The van der Waals surface area contributed by atoms with Crippen molar-refractivity contribution in [1.29, 1.82) is 0 Å². The average Bonchev–Trinajstić information content (AvgIpc) is 3.38. The summed E-state index contributed by atoms with van der Waals surface area (Å²) in [6, 6.07) is 23.1. The molecular weight excluding hydrogens is 378 g/mol. The molecule has 5 heteroatoms. The van der Waals surface area contributed by atoms with Gasteiger partial charge in [-0.2, -0.15) is 0 Å². The van der Waals surface area contributed by atoms with Crippen LogP contribution in [0.5, 0.6) is 0 Å². The molecule has 0 aliphatic heterocycles. The molecule has 0 atom stereocenters. The quantitative estimate of drug-likeness (QED) is 0.413. The van der Waals surface area contributed by atoms with Gasteiger partial charge >= 0.3 is 6.03 Å². The predicted octanol–water partition coefficient (Wildman–Crippen LogP) is 5.63. The van der Waals surface area contributed by atoms with E-state index in [0.717, 1.165) is 18.5 Å². The van der Waals surface area contributed by atoms with Crippen LogP contribution >= 0.6 is 11.3 Å². The van der Waals surface area contributed by atoms with Gasteiger partial charge in [-0.1, -0.05) is 61.5 Å². The minimum absolute atomic E-state index is 0.121. The molecule has 148 valence electrons. The molecule has 29 heavy (non-hydrogen) atoms. The van der Waals surface area contributed by atoms with E-state index in [1.54, 1.807) is 11.3 Å². The molecule has 2 aromatic heterocycles. The highest BCUT2D eigenvalue weighted by Crippen LogP contribution is 2.36. The number of hydrogen-bond donors (Lipinski definition) is 2. The molecule has 2 N–H and O–H groups in total. The molecule has 2 aromatic carbocycles. The number of carbonyl (C=O) groups is 1. The Hall–Kier alpha value is -3.05. The van der Waals surface area contributed by atoms with Gasteiger partial charge in [0.2, 0.25) is 0 Å². The molecule has 2 amide bonds. The van der Waals surface area contributed by atoms with Crippen LogP contribution in [0.1, 0.15) is 24.5 Å². The van der Waals surface area contributed by atoms with Crippen LogP contribution < -0.4 is 10.6 Å². The fraction of sp³-hybridized carbons (Fsp3) is 0.208. The van der Waals surface area contributed by atoms with Crippen LogP contribution in [0.15, 0.2) is 72.1 Å². The number of para-hydroxylation sites is 1. The molecule has 0 saturated heterocycles. The molecule has 0 aliphatic rings. The van der Waals surface area contributed by atoms with Crippen molar-refractivity contribution in [3.63, 3.8) is 0 Å². The summed E-state index contributed by atoms with van der Waals surface area (Å²) in [6.07, 6.45) is 0.921. The molecule has 0 spiro atoms. The predicted molar refractivity (Wildman–Crippen MR) is 121 cm³/mol. The van der Waals surface area contributed by atoms with Gasteiger partial charge in [-0.15, -0.1) is 11.3 Å². The summed E-state index contributed by atoms with van der Waals surface area (Å²) in [5, 5.41) is 9.23. The maximum absolute atomic E-state index is 12.2. The lowest BCUT2D eigenvalue weighted by molar-refractivity contribution is 0.240. The minimum Gasteiger partial charge on any atom is -0.338 e. The van der Waals surface area contributed by atoms with Crippen LogP contribution in [0.25, 0.3) is 21.5 Å². The Labute approximate surface area is 175 Å². The van der Waals surface area contributed by atoms with E-state index in [-0.39, 0.29) is 6.03 Å². The van der Waals surface area contributed by atoms with E-state index < -0.39 is 0 Å². The summed E-state index contributed by atoms with van der Waals surface area (Å²) in [7, 11) is 0. The van der Waals surface area contributed by atoms with Crippen molar-refractivity contribution in [1.82, 2.24) is 15.2 Å². The van der Waals surface area contributed by atoms with Gasteiger partial charge in [0.05, 0.1) is 10.6 Å². The molecule has 4 rings (SSSR count). The first kappa shape index (κ1) is 19.3. The SMILES string of the molecule is CCCNC(=O)NCc1c(-c2cccs2)n(Cc2ccccc2)c2ccccc12. The number of thiophene rings is 1. The van der Waals surface area contributed by atoms with Crippen LogP contribution in [0.2, 0.25) is 0 Å². The number of urea groups is 1. The van der Waals surface area contributed by atoms with Gasteiger partial charge in [-0.3, -0.25) is 0 Å². The van der Waals surface area contributed by atoms with Crippen LogP contribution in [0.4, 0.5) is 4.79 Å². The second-order valence-electron chi connectivity index (χ2n) is 7.00. The molecule has 4 nitrogen and oxygen atoms in total. The van der Waals surface area contributed by atoms with Crippen molar-refractivity contribution in [2.75, 3.05) is 6.54 Å². The standard InChI is InChI=1S/C24H25N3OS/c1-2-14-25-24(28)26-16-20-19-11-6-7-12-21(19)27(17-18-9-4-3-5-10-18)23(20)22-13-8-15-29-22/h3-13,15H,2,14,16-17H2,1H3,(H2,25,26,28). The fourth-order valence-electron chi connectivity index (χ4n) is 3.65. The summed E-state index contributed by atoms with van der Waals surface area (Å²) >= 11 is 1.73. The van der Waals surface area contributed by atoms with Crippen LogP contribution in [-0.2, 0) is 13.1 Å². The molecule has 0 saturated carbocycles. The molecule has 4 aromatic rings. The third kappa shape index (κ3) is 4.20. The van der Waals surface area contributed by atoms with Gasteiger partial charge in [0.1, 0.15) is 0 Å². The Morgan fingerprint density at radius 3 is 2.52 bits per heavy atom. The second-order valence-corrected chi connectivity index (χ2v) is 7.95. The molecule has 0 bridgehead atoms. The number of carbonyl (C=O) groups excluding carboxylic acids is 1. The number of nitrogens with zero attached hydrogens (tertiary/aromatic N) is 1. The second kappa shape index (κ2) is 8.97. The van der Waals surface area contributed by atoms with Crippen molar-refractivity contribution < 1.29 is 4.79 Å². The normalized spacial score (nSPS) is 10.9. The Morgan fingerprint density at radius 1 is 0.966 bits per heavy atom. The highest BCUT2D eigenvalue weighted by molar-refractivity contribution is 7.13. The van der Waals surface area contributed by atoms with E-state index in [2.05, 4.69) is 81.2 Å². The van der Waals surface area contributed by atoms with E-state index in [4.69, 9.17) is 0 Å². The third-order valence-corrected chi connectivity index (χ3v) is 5.85. The maximum atomic E-state index is 12.2. The van der Waals surface area contributed by atoms with Gasteiger partial charge in [-0.25, -0.2) is 4.79 Å². The van der Waals surface area contributed by atoms with Crippen LogP contribution in [0, 0.1) is 0 Å². The Kier molecular flexibility index (Phi) is 5.96. The molecular formula is C24H25N3OS. The van der Waals surface area contributed by atoms with Gasteiger partial charge < -0.3 is 15.2 Å². The first-order valence-corrected chi connectivity index (χ1v) is 10.9. The number of aromatic nitrogens is 1. The summed E-state index contributed by atoms with van der Waals surface area (Å²) in [4.78, 5) is 13.4. The van der Waals surface area contributed by atoms with E-state index >= 15 is 0 Å². The largest absolute Gasteiger partial charge is 0.338 e. The zero-order valence-electron chi connectivity index (χ0n) is 16.5. The highest BCUT2D eigenvalue weighted by atomic mass is 32.1. The topological polar surface area (TPSA) is 46.1 Å². The Balaban J connectivity index is 1.79. The number of hydrogen-bond acceptors (Lipinski definition) is 2. The van der Waals surface area contributed by atoms with Crippen LogP contribution in [0.3, 0.4) is 0 Å². The monoisotopic (exact) mass is 403 g/mol. The molecule has 0 aliphatic carbocycles. The van der Waals surface area contributed by atoms with E-state index in [1.165, 1.54) is 27.0 Å². The van der Waals surface area contributed by atoms with E-state index in [0.29, 0.717) is 13.1 Å². The number of benzene rings is 2. The van der Waals surface area contributed by atoms with Crippen LogP contribution in [-0.4, -0.2) is 17.1 Å². The zero-order chi connectivity index (χ0) is 20.1. The summed E-state index contributed by atoms with van der Waals surface area (Å²) in [5.74, 6) is 0. The smallest absolute Gasteiger partial charge is 0.315 e. The van der Waals surface area contributed by atoms with Crippen molar-refractivity contribution >= 4 is 28.3 Å². The lowest BCUT2D eigenvalue weighted by Gasteiger charge is -2.12. The lowest BCUT2D eigenvalue weighted by Crippen LogP contribution is -2.35. The summed E-state index contributed by atoms with van der Waals surface area (Å²) in [5.41, 5.74) is 4.78. The maximum Gasteiger partial charge on any atom is 0.315 e. The summed E-state index contributed by atoms with van der Waals surface area (Å²) < 4.78 is 2.37. The van der Waals surface area contributed by atoms with E-state index in [9.17, 15) is 4.79 Å². The number of rotatable bonds is 7. The fourth-order valence-corrected chi connectivity index (χ4v) is 4.45. The average molecular weight is 404 g/mol. The van der Waals surface area contributed by atoms with Crippen molar-refractivity contribution in [3.05, 3.63) is 83.2 Å². The van der Waals surface area contributed by atoms with E-state index in [1.807, 2.05) is 13.0 Å². The highest BCUT2D eigenvalue weighted by Gasteiger charge is 2.19. The van der Waals surface area contributed by atoms with Gasteiger partial charge in [0.15, 0.2) is 0 Å². The van der Waals surface area contributed by atoms with Crippen molar-refractivity contribution in [2.24, 2.45) is 0 Å². The first-order chi connectivity index (χ1) is 14.3. The number of fused-ring (bicyclic) bond motifs is 1. The third-order valence-electron chi connectivity index (χ3n) is 4.98.